The van der Waals surface area contributed by atoms with Crippen molar-refractivity contribution < 1.29 is 4.79 Å². The molecule has 2 N–H and O–H groups in total. The maximum absolute atomic E-state index is 11.2. The van der Waals surface area contributed by atoms with Gasteiger partial charge in [0, 0.05) is 36.6 Å². The van der Waals surface area contributed by atoms with Crippen LogP contribution in [0.4, 0.5) is 0 Å². The second-order valence-corrected chi connectivity index (χ2v) is 5.01. The summed E-state index contributed by atoms with van der Waals surface area (Å²) in [5.74, 6) is 1.41. The molecular weight excluding hydrogens is 184 g/mol. The number of nitrogens with one attached hydrogen (secondary N) is 2. The highest BCUT2D eigenvalue weighted by molar-refractivity contribution is 8.00. The van der Waals surface area contributed by atoms with Gasteiger partial charge < -0.3 is 10.6 Å². The molecule has 1 unspecified atom stereocenters. The second kappa shape index (κ2) is 5.50. The minimum atomic E-state index is 0.0987. The molecule has 1 saturated heterocycles. The Labute approximate surface area is 84.0 Å². The van der Waals surface area contributed by atoms with Crippen molar-refractivity contribution in [2.24, 2.45) is 5.92 Å². The molecule has 1 heterocycles. The van der Waals surface area contributed by atoms with Crippen molar-refractivity contribution in [1.29, 1.82) is 0 Å². The van der Waals surface area contributed by atoms with E-state index < -0.39 is 0 Å². The molecule has 0 saturated carbocycles. The Kier molecular flexibility index (Phi) is 4.59. The van der Waals surface area contributed by atoms with Gasteiger partial charge in [0.2, 0.25) is 5.91 Å². The van der Waals surface area contributed by atoms with E-state index in [1.165, 1.54) is 0 Å². The zero-order valence-electron chi connectivity index (χ0n) is 8.30. The molecule has 1 aliphatic rings. The number of thioether (sulfide) groups is 1. The molecule has 0 bridgehead atoms. The minimum absolute atomic E-state index is 0.0987. The molecule has 4 heteroatoms. The molecule has 76 valence electrons. The molecule has 0 radical (unpaired) electrons. The topological polar surface area (TPSA) is 41.1 Å². The van der Waals surface area contributed by atoms with Crippen molar-refractivity contribution in [1.82, 2.24) is 10.6 Å². The van der Waals surface area contributed by atoms with E-state index in [1.807, 2.05) is 25.6 Å². The lowest BCUT2D eigenvalue weighted by Gasteiger charge is -2.22. The molecule has 1 rings (SSSR count). The number of hydrogen-bond acceptors (Lipinski definition) is 3. The van der Waals surface area contributed by atoms with Gasteiger partial charge in [0.05, 0.1) is 0 Å². The molecule has 0 aliphatic carbocycles. The molecule has 1 amide bonds. The summed E-state index contributed by atoms with van der Waals surface area (Å²) in [6.07, 6.45) is 0. The lowest BCUT2D eigenvalue weighted by Crippen LogP contribution is -2.41. The summed E-state index contributed by atoms with van der Waals surface area (Å²) in [6.45, 7) is 6.75. The van der Waals surface area contributed by atoms with Gasteiger partial charge in [-0.05, 0) is 0 Å². The van der Waals surface area contributed by atoms with E-state index >= 15 is 0 Å². The minimum Gasteiger partial charge on any atom is -0.355 e. The molecule has 0 spiro atoms. The number of hydrogen-bond donors (Lipinski definition) is 2. The Morgan fingerprint density at radius 2 is 2.46 bits per heavy atom. The van der Waals surface area contributed by atoms with Crippen LogP contribution in [0.5, 0.6) is 0 Å². The van der Waals surface area contributed by atoms with E-state index in [-0.39, 0.29) is 11.8 Å². The largest absolute Gasteiger partial charge is 0.355 e. The van der Waals surface area contributed by atoms with E-state index in [1.54, 1.807) is 0 Å². The molecular formula is C9H18N2OS. The van der Waals surface area contributed by atoms with Crippen molar-refractivity contribution in [2.75, 3.05) is 25.4 Å². The Hall–Kier alpha value is -0.220. The van der Waals surface area contributed by atoms with Gasteiger partial charge in [-0.3, -0.25) is 4.79 Å². The number of carbonyl (C=O) groups is 1. The van der Waals surface area contributed by atoms with Crippen LogP contribution in [0, 0.1) is 5.92 Å². The van der Waals surface area contributed by atoms with Crippen LogP contribution in [0.15, 0.2) is 0 Å². The fourth-order valence-electron chi connectivity index (χ4n) is 1.17. The maximum Gasteiger partial charge on any atom is 0.222 e. The molecule has 13 heavy (non-hydrogen) atoms. The monoisotopic (exact) mass is 202 g/mol. The highest BCUT2D eigenvalue weighted by Gasteiger charge is 2.14. The summed E-state index contributed by atoms with van der Waals surface area (Å²) >= 11 is 1.94. The van der Waals surface area contributed by atoms with Gasteiger partial charge in [-0.1, -0.05) is 13.8 Å². The van der Waals surface area contributed by atoms with Gasteiger partial charge in [0.25, 0.3) is 0 Å². The standard InChI is InChI=1S/C9H18N2OS/c1-7(2)9(12)11-6-8-5-10-3-4-13-8/h7-8,10H,3-6H2,1-2H3,(H,11,12). The first-order valence-corrected chi connectivity index (χ1v) is 5.85. The summed E-state index contributed by atoms with van der Waals surface area (Å²) in [5.41, 5.74) is 0. The van der Waals surface area contributed by atoms with Crippen LogP contribution in [0.25, 0.3) is 0 Å². The first-order chi connectivity index (χ1) is 6.20. The van der Waals surface area contributed by atoms with Crippen LogP contribution in [-0.2, 0) is 4.79 Å². The average Bonchev–Trinajstić information content (AvgIpc) is 2.15. The van der Waals surface area contributed by atoms with Crippen molar-refractivity contribution in [3.8, 4) is 0 Å². The zero-order chi connectivity index (χ0) is 9.68. The predicted octanol–water partition coefficient (Wildman–Crippen LogP) is 0.464. The SMILES string of the molecule is CC(C)C(=O)NCC1CNCCS1. The Morgan fingerprint density at radius 3 is 3.00 bits per heavy atom. The summed E-state index contributed by atoms with van der Waals surface area (Å²) in [4.78, 5) is 11.2. The van der Waals surface area contributed by atoms with Crippen molar-refractivity contribution >= 4 is 17.7 Å². The van der Waals surface area contributed by atoms with E-state index in [2.05, 4.69) is 10.6 Å². The molecule has 3 nitrogen and oxygen atoms in total. The van der Waals surface area contributed by atoms with Gasteiger partial charge in [-0.25, -0.2) is 0 Å². The number of rotatable bonds is 3. The normalized spacial score (nSPS) is 23.2. The third-order valence-electron chi connectivity index (χ3n) is 2.03. The van der Waals surface area contributed by atoms with Crippen LogP contribution in [0.1, 0.15) is 13.8 Å². The highest BCUT2D eigenvalue weighted by Crippen LogP contribution is 2.12. The van der Waals surface area contributed by atoms with Crippen LogP contribution in [0.3, 0.4) is 0 Å². The van der Waals surface area contributed by atoms with Gasteiger partial charge in [-0.2, -0.15) is 11.8 Å². The maximum atomic E-state index is 11.2. The van der Waals surface area contributed by atoms with Gasteiger partial charge in [0.1, 0.15) is 0 Å². The third kappa shape index (κ3) is 4.00. The molecule has 1 aliphatic heterocycles. The van der Waals surface area contributed by atoms with Gasteiger partial charge in [0.15, 0.2) is 0 Å². The lowest BCUT2D eigenvalue weighted by molar-refractivity contribution is -0.123. The average molecular weight is 202 g/mol. The molecule has 0 aromatic carbocycles. The van der Waals surface area contributed by atoms with E-state index in [9.17, 15) is 4.79 Å². The molecule has 0 aromatic rings. The molecule has 1 fully saturated rings. The first-order valence-electron chi connectivity index (χ1n) is 4.80. The van der Waals surface area contributed by atoms with E-state index in [4.69, 9.17) is 0 Å². The summed E-state index contributed by atoms with van der Waals surface area (Å²) in [7, 11) is 0. The smallest absolute Gasteiger partial charge is 0.222 e. The summed E-state index contributed by atoms with van der Waals surface area (Å²) < 4.78 is 0. The number of carbonyl (C=O) groups excluding carboxylic acids is 1. The fourth-order valence-corrected chi connectivity index (χ4v) is 2.20. The van der Waals surface area contributed by atoms with Crippen LogP contribution >= 0.6 is 11.8 Å². The number of amides is 1. The fraction of sp³-hybridized carbons (Fsp3) is 0.889. The Balaban J connectivity index is 2.13. The van der Waals surface area contributed by atoms with Crippen molar-refractivity contribution in [2.45, 2.75) is 19.1 Å². The Bertz CT molecular complexity index is 167. The van der Waals surface area contributed by atoms with Crippen LogP contribution in [0.2, 0.25) is 0 Å². The summed E-state index contributed by atoms with van der Waals surface area (Å²) in [6, 6.07) is 0. The van der Waals surface area contributed by atoms with Gasteiger partial charge in [-0.15, -0.1) is 0 Å². The van der Waals surface area contributed by atoms with E-state index in [0.717, 1.165) is 25.4 Å². The van der Waals surface area contributed by atoms with Crippen molar-refractivity contribution in [3.63, 3.8) is 0 Å². The summed E-state index contributed by atoms with van der Waals surface area (Å²) in [5, 5.41) is 6.82. The third-order valence-corrected chi connectivity index (χ3v) is 3.28. The second-order valence-electron chi connectivity index (χ2n) is 3.60. The predicted molar refractivity (Wildman–Crippen MR) is 57.0 cm³/mol. The zero-order valence-corrected chi connectivity index (χ0v) is 9.12. The van der Waals surface area contributed by atoms with Crippen LogP contribution < -0.4 is 10.6 Å². The Morgan fingerprint density at radius 1 is 1.69 bits per heavy atom. The molecule has 1 atom stereocenters. The van der Waals surface area contributed by atoms with Crippen LogP contribution in [-0.4, -0.2) is 36.5 Å². The lowest BCUT2D eigenvalue weighted by atomic mass is 10.2. The van der Waals surface area contributed by atoms with E-state index in [0.29, 0.717) is 5.25 Å². The molecule has 0 aromatic heterocycles. The quantitative estimate of drug-likeness (QED) is 0.699. The van der Waals surface area contributed by atoms with Gasteiger partial charge >= 0.3 is 0 Å². The van der Waals surface area contributed by atoms with Crippen molar-refractivity contribution in [3.05, 3.63) is 0 Å². The highest BCUT2D eigenvalue weighted by atomic mass is 32.2. The first kappa shape index (κ1) is 10.9.